The van der Waals surface area contributed by atoms with Crippen molar-refractivity contribution in [2.24, 2.45) is 0 Å². The van der Waals surface area contributed by atoms with Crippen LogP contribution < -0.4 is 5.32 Å². The second-order valence-corrected chi connectivity index (χ2v) is 4.99. The van der Waals surface area contributed by atoms with Crippen LogP contribution >= 0.6 is 11.6 Å². The Morgan fingerprint density at radius 2 is 2.32 bits per heavy atom. The number of imidazole rings is 1. The van der Waals surface area contributed by atoms with Gasteiger partial charge in [-0.25, -0.2) is 9.37 Å². The Bertz CT molecular complexity index is 636. The summed E-state index contributed by atoms with van der Waals surface area (Å²) < 4.78 is 14.9. The quantitative estimate of drug-likeness (QED) is 0.874. The number of aromatic nitrogens is 2. The van der Waals surface area contributed by atoms with Gasteiger partial charge in [-0.3, -0.25) is 4.79 Å². The number of alkyl halides is 1. The number of benzene rings is 1. The Kier molecular flexibility index (Phi) is 3.14. The number of hydrogen-bond donors (Lipinski definition) is 1. The Balaban J connectivity index is 1.93. The van der Waals surface area contributed by atoms with Gasteiger partial charge in [0.15, 0.2) is 0 Å². The number of amides is 1. The van der Waals surface area contributed by atoms with E-state index in [-0.39, 0.29) is 24.1 Å². The van der Waals surface area contributed by atoms with E-state index in [1.807, 2.05) is 0 Å². The van der Waals surface area contributed by atoms with Crippen LogP contribution in [0.25, 0.3) is 11.0 Å². The van der Waals surface area contributed by atoms with Crippen molar-refractivity contribution in [2.45, 2.75) is 31.3 Å². The minimum atomic E-state index is -0.347. The lowest BCUT2D eigenvalue weighted by atomic mass is 10.3. The van der Waals surface area contributed by atoms with Crippen molar-refractivity contribution < 1.29 is 9.18 Å². The van der Waals surface area contributed by atoms with Gasteiger partial charge in [-0.15, -0.1) is 11.6 Å². The molecule has 2 aromatic rings. The Hall–Kier alpha value is -1.62. The molecule has 4 nitrogen and oxygen atoms in total. The van der Waals surface area contributed by atoms with Crippen molar-refractivity contribution in [1.82, 2.24) is 14.9 Å². The zero-order chi connectivity index (χ0) is 13.4. The molecule has 19 heavy (non-hydrogen) atoms. The fourth-order valence-electron chi connectivity index (χ4n) is 2.08. The molecular weight excluding hydrogens is 269 g/mol. The summed E-state index contributed by atoms with van der Waals surface area (Å²) in [6.07, 6.45) is 2.09. The van der Waals surface area contributed by atoms with E-state index in [9.17, 15) is 9.18 Å². The first-order chi connectivity index (χ1) is 9.17. The molecule has 0 radical (unpaired) electrons. The van der Waals surface area contributed by atoms with Crippen LogP contribution in [0.3, 0.4) is 0 Å². The largest absolute Gasteiger partial charge is 0.352 e. The van der Waals surface area contributed by atoms with Crippen LogP contribution in [0.5, 0.6) is 0 Å². The highest BCUT2D eigenvalue weighted by molar-refractivity contribution is 6.16. The molecule has 1 aromatic heterocycles. The molecule has 1 amide bonds. The van der Waals surface area contributed by atoms with E-state index >= 15 is 0 Å². The molecule has 3 rings (SSSR count). The summed E-state index contributed by atoms with van der Waals surface area (Å²) in [5, 5.41) is 2.91. The van der Waals surface area contributed by atoms with Gasteiger partial charge in [0.05, 0.1) is 16.9 Å². The maximum Gasteiger partial charge on any atom is 0.240 e. The summed E-state index contributed by atoms with van der Waals surface area (Å²) in [4.78, 5) is 16.1. The van der Waals surface area contributed by atoms with Gasteiger partial charge in [0.25, 0.3) is 0 Å². The molecule has 0 saturated heterocycles. The van der Waals surface area contributed by atoms with Crippen LogP contribution in [0.15, 0.2) is 18.2 Å². The Morgan fingerprint density at radius 3 is 3.00 bits per heavy atom. The summed E-state index contributed by atoms with van der Waals surface area (Å²) in [7, 11) is 0. The lowest BCUT2D eigenvalue weighted by Crippen LogP contribution is -2.29. The normalized spacial score (nSPS) is 14.8. The van der Waals surface area contributed by atoms with E-state index in [4.69, 9.17) is 11.6 Å². The Morgan fingerprint density at radius 1 is 1.53 bits per heavy atom. The van der Waals surface area contributed by atoms with E-state index in [2.05, 4.69) is 10.3 Å². The van der Waals surface area contributed by atoms with Gasteiger partial charge in [0.2, 0.25) is 5.91 Å². The first-order valence-corrected chi connectivity index (χ1v) is 6.71. The number of nitrogens with zero attached hydrogens (tertiary/aromatic N) is 2. The second kappa shape index (κ2) is 4.81. The van der Waals surface area contributed by atoms with Crippen molar-refractivity contribution in [2.75, 3.05) is 0 Å². The van der Waals surface area contributed by atoms with Gasteiger partial charge in [-0.1, -0.05) is 0 Å². The highest BCUT2D eigenvalue weighted by atomic mass is 35.5. The van der Waals surface area contributed by atoms with Crippen LogP contribution in [-0.2, 0) is 17.2 Å². The van der Waals surface area contributed by atoms with Crippen LogP contribution in [-0.4, -0.2) is 21.5 Å². The van der Waals surface area contributed by atoms with Crippen molar-refractivity contribution in [3.63, 3.8) is 0 Å². The number of rotatable bonds is 4. The fraction of sp³-hybridized carbons (Fsp3) is 0.385. The van der Waals surface area contributed by atoms with E-state index < -0.39 is 0 Å². The predicted octanol–water partition coefficient (Wildman–Crippen LogP) is 2.19. The van der Waals surface area contributed by atoms with E-state index in [0.717, 1.165) is 18.4 Å². The number of fused-ring (bicyclic) bond motifs is 1. The van der Waals surface area contributed by atoms with Crippen molar-refractivity contribution >= 4 is 28.5 Å². The Labute approximate surface area is 114 Å². The molecule has 1 aliphatic rings. The lowest BCUT2D eigenvalue weighted by Gasteiger charge is -2.08. The summed E-state index contributed by atoms with van der Waals surface area (Å²) in [5.41, 5.74) is 1.25. The van der Waals surface area contributed by atoms with Gasteiger partial charge in [0.1, 0.15) is 18.2 Å². The summed E-state index contributed by atoms with van der Waals surface area (Å²) in [6.45, 7) is 0.167. The highest BCUT2D eigenvalue weighted by Gasteiger charge is 2.24. The van der Waals surface area contributed by atoms with Gasteiger partial charge in [0, 0.05) is 12.1 Å². The maximum absolute atomic E-state index is 13.2. The van der Waals surface area contributed by atoms with Gasteiger partial charge >= 0.3 is 0 Å². The molecule has 0 aliphatic heterocycles. The van der Waals surface area contributed by atoms with Crippen LogP contribution in [0.2, 0.25) is 0 Å². The maximum atomic E-state index is 13.2. The molecule has 0 atom stereocenters. The highest BCUT2D eigenvalue weighted by Crippen LogP contribution is 2.20. The number of halogens is 2. The molecule has 1 aliphatic carbocycles. The molecular formula is C13H13ClFN3O. The molecule has 1 N–H and O–H groups in total. The third-order valence-corrected chi connectivity index (χ3v) is 3.39. The lowest BCUT2D eigenvalue weighted by molar-refractivity contribution is -0.121. The SMILES string of the molecule is O=C(Cn1c(CCl)nc2cc(F)ccc21)NC1CC1. The molecule has 100 valence electrons. The van der Waals surface area contributed by atoms with Gasteiger partial charge in [-0.2, -0.15) is 0 Å². The predicted molar refractivity (Wildman–Crippen MR) is 70.4 cm³/mol. The summed E-state index contributed by atoms with van der Waals surface area (Å²) in [5.74, 6) is 0.360. The van der Waals surface area contributed by atoms with Crippen LogP contribution in [0.4, 0.5) is 4.39 Å². The smallest absolute Gasteiger partial charge is 0.240 e. The molecule has 6 heteroatoms. The third-order valence-electron chi connectivity index (χ3n) is 3.15. The van der Waals surface area contributed by atoms with Crippen molar-refractivity contribution in [1.29, 1.82) is 0 Å². The van der Waals surface area contributed by atoms with E-state index in [0.29, 0.717) is 17.4 Å². The standard InChI is InChI=1S/C13H13ClFN3O/c14-6-12-17-10-5-8(15)1-4-11(10)18(12)7-13(19)16-9-2-3-9/h1,4-5,9H,2-3,6-7H2,(H,16,19). The monoisotopic (exact) mass is 281 g/mol. The van der Waals surface area contributed by atoms with E-state index in [1.165, 1.54) is 12.1 Å². The summed E-state index contributed by atoms with van der Waals surface area (Å²) >= 11 is 5.84. The van der Waals surface area contributed by atoms with Crippen molar-refractivity contribution in [3.05, 3.63) is 29.8 Å². The molecule has 0 unspecified atom stereocenters. The molecule has 1 saturated carbocycles. The topological polar surface area (TPSA) is 46.9 Å². The van der Waals surface area contributed by atoms with Gasteiger partial charge in [-0.05, 0) is 25.0 Å². The molecule has 0 bridgehead atoms. The molecule has 0 spiro atoms. The second-order valence-electron chi connectivity index (χ2n) is 4.72. The number of carbonyl (C=O) groups is 1. The van der Waals surface area contributed by atoms with Gasteiger partial charge < -0.3 is 9.88 Å². The van der Waals surface area contributed by atoms with E-state index in [1.54, 1.807) is 10.6 Å². The minimum absolute atomic E-state index is 0.0579. The molecule has 1 heterocycles. The average molecular weight is 282 g/mol. The number of carbonyl (C=O) groups excluding carboxylic acids is 1. The third kappa shape index (κ3) is 2.56. The number of hydrogen-bond acceptors (Lipinski definition) is 2. The fourth-order valence-corrected chi connectivity index (χ4v) is 2.28. The first-order valence-electron chi connectivity index (χ1n) is 6.17. The van der Waals surface area contributed by atoms with Crippen LogP contribution in [0.1, 0.15) is 18.7 Å². The molecule has 1 aromatic carbocycles. The minimum Gasteiger partial charge on any atom is -0.352 e. The first kappa shape index (κ1) is 12.4. The zero-order valence-corrected chi connectivity index (χ0v) is 11.0. The average Bonchev–Trinajstić information content (AvgIpc) is 3.11. The summed E-state index contributed by atoms with van der Waals surface area (Å²) in [6, 6.07) is 4.65. The number of nitrogens with one attached hydrogen (secondary N) is 1. The molecule has 1 fully saturated rings. The zero-order valence-electron chi connectivity index (χ0n) is 10.2. The van der Waals surface area contributed by atoms with Crippen molar-refractivity contribution in [3.8, 4) is 0 Å². The van der Waals surface area contributed by atoms with Crippen LogP contribution in [0, 0.1) is 5.82 Å².